The highest BCUT2D eigenvalue weighted by molar-refractivity contribution is 5.56. The van der Waals surface area contributed by atoms with Gasteiger partial charge < -0.3 is 4.52 Å². The number of benzene rings is 3. The smallest absolute Gasteiger partial charge is 0.214 e. The summed E-state index contributed by atoms with van der Waals surface area (Å²) in [6.45, 7) is 4.13. The Hall–Kier alpha value is -4.40. The molecule has 0 aliphatic carbocycles. The molecular formula is C30H25F2N5O. The summed E-state index contributed by atoms with van der Waals surface area (Å²) >= 11 is 0. The topological polar surface area (TPSA) is 89.7 Å². The summed E-state index contributed by atoms with van der Waals surface area (Å²) in [5, 5.41) is 22.5. The Kier molecular flexibility index (Phi) is 6.75. The molecule has 190 valence electrons. The molecule has 6 nitrogen and oxygen atoms in total. The number of nitriles is 2. The molecule has 38 heavy (non-hydrogen) atoms. The fourth-order valence-electron chi connectivity index (χ4n) is 5.56. The molecule has 3 aromatic carbocycles. The van der Waals surface area contributed by atoms with Gasteiger partial charge in [-0.1, -0.05) is 35.5 Å². The third kappa shape index (κ3) is 5.04. The second-order valence-corrected chi connectivity index (χ2v) is 10.2. The highest BCUT2D eigenvalue weighted by atomic mass is 19.1. The summed E-state index contributed by atoms with van der Waals surface area (Å²) in [6, 6.07) is 23.3. The summed E-state index contributed by atoms with van der Waals surface area (Å²) < 4.78 is 34.8. The van der Waals surface area contributed by atoms with Gasteiger partial charge in [0.1, 0.15) is 11.5 Å². The van der Waals surface area contributed by atoms with Crippen LogP contribution in [0.2, 0.25) is 0 Å². The van der Waals surface area contributed by atoms with E-state index in [4.69, 9.17) is 4.52 Å². The van der Waals surface area contributed by atoms with Gasteiger partial charge in [-0.05, 0) is 72.9 Å². The average molecular weight is 510 g/mol. The third-order valence-electron chi connectivity index (χ3n) is 7.10. The van der Waals surface area contributed by atoms with Crippen LogP contribution in [0.4, 0.5) is 8.78 Å². The van der Waals surface area contributed by atoms with Crippen molar-refractivity contribution in [2.75, 3.05) is 13.1 Å². The molecule has 1 saturated heterocycles. The van der Waals surface area contributed by atoms with E-state index < -0.39 is 17.4 Å². The minimum Gasteiger partial charge on any atom is -0.342 e. The predicted octanol–water partition coefficient (Wildman–Crippen LogP) is 6.17. The third-order valence-corrected chi connectivity index (χ3v) is 7.10. The fourth-order valence-corrected chi connectivity index (χ4v) is 5.56. The largest absolute Gasteiger partial charge is 0.342 e. The summed E-state index contributed by atoms with van der Waals surface area (Å²) in [4.78, 5) is 6.40. The van der Waals surface area contributed by atoms with Crippen LogP contribution in [0.5, 0.6) is 0 Å². The summed E-state index contributed by atoms with van der Waals surface area (Å²) in [7, 11) is 0. The van der Waals surface area contributed by atoms with E-state index in [0.717, 1.165) is 22.8 Å². The Labute approximate surface area is 219 Å². The van der Waals surface area contributed by atoms with Gasteiger partial charge in [-0.3, -0.25) is 4.90 Å². The molecule has 8 heteroatoms. The molecule has 0 spiro atoms. The van der Waals surface area contributed by atoms with Gasteiger partial charge in [0.2, 0.25) is 12.2 Å². The molecule has 0 N–H and O–H groups in total. The summed E-state index contributed by atoms with van der Waals surface area (Å²) in [5.74, 6) is -0.748. The van der Waals surface area contributed by atoms with Crippen molar-refractivity contribution in [3.63, 3.8) is 0 Å². The summed E-state index contributed by atoms with van der Waals surface area (Å²) in [5.41, 5.74) is 2.39. The molecule has 0 bridgehead atoms. The molecule has 1 aromatic heterocycles. The quantitative estimate of drug-likeness (QED) is 0.296. The Morgan fingerprint density at radius 3 is 2.32 bits per heavy atom. The van der Waals surface area contributed by atoms with Crippen LogP contribution in [-0.2, 0) is 0 Å². The molecule has 1 aliphatic heterocycles. The van der Waals surface area contributed by atoms with Crippen LogP contribution in [0.25, 0.3) is 11.4 Å². The maximum Gasteiger partial charge on any atom is 0.214 e. The first-order chi connectivity index (χ1) is 18.3. The van der Waals surface area contributed by atoms with Crippen molar-refractivity contribution in [2.45, 2.75) is 31.5 Å². The lowest BCUT2D eigenvalue weighted by Crippen LogP contribution is -2.53. The van der Waals surface area contributed by atoms with Gasteiger partial charge in [0, 0.05) is 24.6 Å². The Morgan fingerprint density at radius 1 is 0.947 bits per heavy atom. The number of likely N-dealkylation sites (tertiary alicyclic amines) is 1. The van der Waals surface area contributed by atoms with E-state index in [9.17, 15) is 14.9 Å². The van der Waals surface area contributed by atoms with Crippen LogP contribution in [0, 0.1) is 34.4 Å². The minimum absolute atomic E-state index is 0.0929. The van der Waals surface area contributed by atoms with Gasteiger partial charge in [-0.15, -0.1) is 0 Å². The van der Waals surface area contributed by atoms with Gasteiger partial charge in [-0.2, -0.15) is 15.5 Å². The number of hydrogen-bond acceptors (Lipinski definition) is 6. The minimum atomic E-state index is -1.63. The molecule has 0 radical (unpaired) electrons. The zero-order valence-electron chi connectivity index (χ0n) is 21.0. The number of rotatable bonds is 7. The molecule has 0 unspecified atom stereocenters. The Bertz CT molecular complexity index is 1510. The van der Waals surface area contributed by atoms with E-state index in [0.29, 0.717) is 30.0 Å². The fraction of sp³-hybridized carbons (Fsp3) is 0.267. The lowest BCUT2D eigenvalue weighted by Gasteiger charge is -2.50. The van der Waals surface area contributed by atoms with E-state index in [1.54, 1.807) is 18.2 Å². The van der Waals surface area contributed by atoms with E-state index in [1.165, 1.54) is 26.3 Å². The molecular weight excluding hydrogens is 484 g/mol. The average Bonchev–Trinajstić information content (AvgIpc) is 3.42. The predicted molar refractivity (Wildman–Crippen MR) is 137 cm³/mol. The molecule has 2 atom stereocenters. The molecule has 2 heterocycles. The second-order valence-electron chi connectivity index (χ2n) is 10.2. The summed E-state index contributed by atoms with van der Waals surface area (Å²) in [6.07, 6.45) is 1.28. The van der Waals surface area contributed by atoms with E-state index in [1.807, 2.05) is 42.5 Å². The van der Waals surface area contributed by atoms with Crippen LogP contribution in [0.1, 0.15) is 53.6 Å². The monoisotopic (exact) mass is 509 g/mol. The van der Waals surface area contributed by atoms with Gasteiger partial charge in [0.15, 0.2) is 0 Å². The van der Waals surface area contributed by atoms with Crippen molar-refractivity contribution in [3.05, 3.63) is 107 Å². The maximum atomic E-state index is 15.6. The SMILES string of the molecule is CC(C)(F)[C@H](c1cc(F)cc(C#N)c1)C1CN([C@@H](c2ccc(C#N)cc2)c2cccc(-c3ncon3)c2)C1. The number of nitrogens with zero attached hydrogens (tertiary/aromatic N) is 5. The van der Waals surface area contributed by atoms with Crippen molar-refractivity contribution in [2.24, 2.45) is 5.92 Å². The Morgan fingerprint density at radius 2 is 1.68 bits per heavy atom. The van der Waals surface area contributed by atoms with Gasteiger partial charge in [0.05, 0.1) is 29.3 Å². The number of aromatic nitrogens is 2. The first-order valence-corrected chi connectivity index (χ1v) is 12.3. The zero-order valence-corrected chi connectivity index (χ0v) is 21.0. The molecule has 0 saturated carbocycles. The zero-order chi connectivity index (χ0) is 26.9. The van der Waals surface area contributed by atoms with Crippen molar-refractivity contribution in [1.82, 2.24) is 15.0 Å². The van der Waals surface area contributed by atoms with Crippen LogP contribution in [0.3, 0.4) is 0 Å². The van der Waals surface area contributed by atoms with Crippen LogP contribution in [-0.4, -0.2) is 33.8 Å². The molecule has 1 fully saturated rings. The first-order valence-electron chi connectivity index (χ1n) is 12.3. The Balaban J connectivity index is 1.49. The van der Waals surface area contributed by atoms with Gasteiger partial charge in [0.25, 0.3) is 0 Å². The first kappa shape index (κ1) is 25.3. The van der Waals surface area contributed by atoms with Crippen LogP contribution >= 0.6 is 0 Å². The molecule has 1 aliphatic rings. The number of hydrogen-bond donors (Lipinski definition) is 0. The number of halogens is 2. The molecule has 4 aromatic rings. The highest BCUT2D eigenvalue weighted by Gasteiger charge is 2.45. The lowest BCUT2D eigenvalue weighted by molar-refractivity contribution is 0.00813. The molecule has 5 rings (SSSR count). The van der Waals surface area contributed by atoms with Crippen LogP contribution in [0.15, 0.2) is 77.6 Å². The van der Waals surface area contributed by atoms with E-state index in [-0.39, 0.29) is 17.5 Å². The van der Waals surface area contributed by atoms with Crippen molar-refractivity contribution >= 4 is 0 Å². The maximum absolute atomic E-state index is 15.6. The van der Waals surface area contributed by atoms with Crippen molar-refractivity contribution < 1.29 is 13.3 Å². The highest BCUT2D eigenvalue weighted by Crippen LogP contribution is 2.45. The lowest BCUT2D eigenvalue weighted by atomic mass is 9.72. The van der Waals surface area contributed by atoms with E-state index >= 15 is 4.39 Å². The normalized spacial score (nSPS) is 15.7. The second kappa shape index (κ2) is 10.2. The van der Waals surface area contributed by atoms with E-state index in [2.05, 4.69) is 21.1 Å². The molecule has 0 amide bonds. The van der Waals surface area contributed by atoms with Crippen molar-refractivity contribution in [3.8, 4) is 23.5 Å². The number of alkyl halides is 1. The van der Waals surface area contributed by atoms with Gasteiger partial charge >= 0.3 is 0 Å². The van der Waals surface area contributed by atoms with Gasteiger partial charge in [-0.25, -0.2) is 8.78 Å². The van der Waals surface area contributed by atoms with Crippen LogP contribution < -0.4 is 0 Å². The van der Waals surface area contributed by atoms with Crippen molar-refractivity contribution in [1.29, 1.82) is 10.5 Å². The standard InChI is InChI=1S/C30H25F2N5O/c1-30(2,32)27(24-10-20(15-34)11-26(31)13-24)25-16-37(17-25)28(21-8-6-19(14-33)7-9-21)22-4-3-5-23(12-22)29-35-18-38-36-29/h3-13,18,25,27-28H,16-17H2,1-2H3/t27-,28+/m1/s1.